The average molecular weight is 578 g/mol. The van der Waals surface area contributed by atoms with Gasteiger partial charge in [-0.1, -0.05) is 73.8 Å². The van der Waals surface area contributed by atoms with Crippen LogP contribution < -0.4 is 16.1 Å². The Morgan fingerprint density at radius 2 is 1.90 bits per heavy atom. The van der Waals surface area contributed by atoms with E-state index in [1.54, 1.807) is 12.1 Å². The summed E-state index contributed by atoms with van der Waals surface area (Å²) < 4.78 is 5.83. The minimum Gasteiger partial charge on any atom is -0.465 e. The molecule has 5 rings (SSSR count). The fraction of sp³-hybridized carbons (Fsp3) is 0.400. The fourth-order valence-electron chi connectivity index (χ4n) is 5.43. The number of amidine groups is 1. The van der Waals surface area contributed by atoms with Crippen molar-refractivity contribution in [2.75, 3.05) is 37.0 Å². The third kappa shape index (κ3) is 7.32. The van der Waals surface area contributed by atoms with E-state index in [1.165, 1.54) is 12.8 Å². The fourth-order valence-corrected chi connectivity index (χ4v) is 5.62. The zero-order chi connectivity index (χ0) is 28.8. The molecule has 2 fully saturated rings. The molecule has 2 aliphatic rings. The molecule has 0 unspecified atom stereocenters. The number of aromatic nitrogens is 2. The number of hydrogen-bond acceptors (Lipinski definition) is 8. The molecule has 1 aliphatic carbocycles. The summed E-state index contributed by atoms with van der Waals surface area (Å²) in [5, 5.41) is 26.0. The van der Waals surface area contributed by atoms with E-state index in [2.05, 4.69) is 50.1 Å². The number of morpholine rings is 1. The van der Waals surface area contributed by atoms with Gasteiger partial charge in [-0.25, -0.2) is 19.8 Å². The van der Waals surface area contributed by atoms with Gasteiger partial charge in [-0.15, -0.1) is 0 Å². The number of nitrogens with one attached hydrogen (secondary N) is 4. The second-order valence-electron chi connectivity index (χ2n) is 10.7. The van der Waals surface area contributed by atoms with Gasteiger partial charge < -0.3 is 20.6 Å². The Bertz CT molecular complexity index is 1370. The molecule has 41 heavy (non-hydrogen) atoms. The Morgan fingerprint density at radius 3 is 2.63 bits per heavy atom. The SMILES string of the molecule is CC1CCC(CNc2c(NN3CCOC[C@H]3c3ccccc3)nc(C(=N)NC(=O)O)nc2-c2cccc(Cl)c2)CC1. The van der Waals surface area contributed by atoms with Gasteiger partial charge in [-0.05, 0) is 42.4 Å². The summed E-state index contributed by atoms with van der Waals surface area (Å²) in [4.78, 5) is 20.7. The van der Waals surface area contributed by atoms with E-state index in [-0.39, 0.29) is 11.9 Å². The Morgan fingerprint density at radius 1 is 1.12 bits per heavy atom. The summed E-state index contributed by atoms with van der Waals surface area (Å²) in [6.07, 6.45) is 3.35. The number of nitrogens with zero attached hydrogens (tertiary/aromatic N) is 3. The molecule has 0 radical (unpaired) electrons. The second kappa shape index (κ2) is 13.3. The van der Waals surface area contributed by atoms with Gasteiger partial charge in [-0.2, -0.15) is 0 Å². The molecule has 10 nitrogen and oxygen atoms in total. The highest BCUT2D eigenvalue weighted by atomic mass is 35.5. The van der Waals surface area contributed by atoms with Crippen molar-refractivity contribution < 1.29 is 14.6 Å². The number of carboxylic acid groups (broad SMARTS) is 1. The highest BCUT2D eigenvalue weighted by molar-refractivity contribution is 6.30. The zero-order valence-electron chi connectivity index (χ0n) is 23.1. The molecule has 1 amide bonds. The van der Waals surface area contributed by atoms with E-state index < -0.39 is 11.9 Å². The lowest BCUT2D eigenvalue weighted by Crippen LogP contribution is -2.43. The normalized spacial score (nSPS) is 21.2. The molecule has 11 heteroatoms. The van der Waals surface area contributed by atoms with E-state index in [4.69, 9.17) is 21.7 Å². The standard InChI is InChI=1S/C30H36ClN7O3/c1-19-10-12-20(13-11-19)17-33-26-25(22-8-5-9-23(31)16-22)34-29(27(32)35-30(39)40)36-28(26)37-38-14-15-41-18-24(38)21-6-3-2-4-7-21/h2-9,16,19-20,24,33H,10-15,17-18H2,1H3,(H2,32,35)(H,39,40)(H,34,36,37)/t19?,20?,24-/m0/s1. The van der Waals surface area contributed by atoms with Gasteiger partial charge in [0.05, 0.1) is 24.9 Å². The predicted octanol–water partition coefficient (Wildman–Crippen LogP) is 6.03. The molecule has 1 aliphatic heterocycles. The molecule has 1 saturated carbocycles. The van der Waals surface area contributed by atoms with Gasteiger partial charge in [-0.3, -0.25) is 10.7 Å². The minimum atomic E-state index is -1.36. The lowest BCUT2D eigenvalue weighted by atomic mass is 9.83. The van der Waals surface area contributed by atoms with Crippen molar-refractivity contribution >= 4 is 35.0 Å². The summed E-state index contributed by atoms with van der Waals surface area (Å²) in [5.74, 6) is 1.24. The Kier molecular flexibility index (Phi) is 9.33. The molecule has 0 bridgehead atoms. The van der Waals surface area contributed by atoms with E-state index in [0.29, 0.717) is 47.9 Å². The first-order valence-corrected chi connectivity index (χ1v) is 14.4. The summed E-state index contributed by atoms with van der Waals surface area (Å²) >= 11 is 6.38. The number of carbonyl (C=O) groups is 1. The highest BCUT2D eigenvalue weighted by Crippen LogP contribution is 2.36. The number of ether oxygens (including phenoxy) is 1. The number of amides is 1. The van der Waals surface area contributed by atoms with Crippen LogP contribution in [0.4, 0.5) is 16.3 Å². The van der Waals surface area contributed by atoms with Crippen LogP contribution in [-0.4, -0.2) is 58.3 Å². The average Bonchev–Trinajstić information content (AvgIpc) is 2.97. The summed E-state index contributed by atoms with van der Waals surface area (Å²) in [7, 11) is 0. The number of anilines is 2. The number of rotatable bonds is 8. The van der Waals surface area contributed by atoms with Crippen LogP contribution in [0, 0.1) is 17.2 Å². The lowest BCUT2D eigenvalue weighted by Gasteiger charge is -2.37. The van der Waals surface area contributed by atoms with Crippen molar-refractivity contribution in [1.82, 2.24) is 20.3 Å². The zero-order valence-corrected chi connectivity index (χ0v) is 23.8. The van der Waals surface area contributed by atoms with Crippen LogP contribution in [0.1, 0.15) is 50.0 Å². The van der Waals surface area contributed by atoms with E-state index in [1.807, 2.05) is 30.3 Å². The van der Waals surface area contributed by atoms with Crippen molar-refractivity contribution in [2.45, 2.75) is 38.6 Å². The first-order valence-electron chi connectivity index (χ1n) is 14.0. The molecule has 216 valence electrons. The minimum absolute atomic E-state index is 0.0496. The topological polar surface area (TPSA) is 135 Å². The second-order valence-corrected chi connectivity index (χ2v) is 11.2. The number of hydrogen-bond donors (Lipinski definition) is 5. The molecule has 1 saturated heterocycles. The van der Waals surface area contributed by atoms with Gasteiger partial charge in [0.15, 0.2) is 17.5 Å². The third-order valence-electron chi connectivity index (χ3n) is 7.73. The van der Waals surface area contributed by atoms with E-state index in [0.717, 1.165) is 36.4 Å². The van der Waals surface area contributed by atoms with Crippen LogP contribution in [0.2, 0.25) is 5.02 Å². The number of hydrazine groups is 1. The third-order valence-corrected chi connectivity index (χ3v) is 7.96. The maximum Gasteiger partial charge on any atom is 0.410 e. The van der Waals surface area contributed by atoms with Crippen LogP contribution >= 0.6 is 11.6 Å². The maximum absolute atomic E-state index is 11.4. The van der Waals surface area contributed by atoms with E-state index >= 15 is 0 Å². The molecule has 5 N–H and O–H groups in total. The van der Waals surface area contributed by atoms with Crippen LogP contribution in [-0.2, 0) is 4.74 Å². The van der Waals surface area contributed by atoms with Crippen LogP contribution in [0.25, 0.3) is 11.3 Å². The number of halogens is 1. The predicted molar refractivity (Wildman–Crippen MR) is 160 cm³/mol. The smallest absolute Gasteiger partial charge is 0.410 e. The molecular weight excluding hydrogens is 542 g/mol. The van der Waals surface area contributed by atoms with E-state index in [9.17, 15) is 9.90 Å². The van der Waals surface area contributed by atoms with Crippen molar-refractivity contribution in [2.24, 2.45) is 11.8 Å². The summed E-state index contributed by atoms with van der Waals surface area (Å²) in [5.41, 5.74) is 6.53. The largest absolute Gasteiger partial charge is 0.465 e. The Balaban J connectivity index is 1.57. The van der Waals surface area contributed by atoms with Crippen molar-refractivity contribution in [3.63, 3.8) is 0 Å². The molecule has 0 spiro atoms. The monoisotopic (exact) mass is 577 g/mol. The van der Waals surface area contributed by atoms with Crippen LogP contribution in [0.15, 0.2) is 54.6 Å². The summed E-state index contributed by atoms with van der Waals surface area (Å²) in [6, 6.07) is 17.3. The lowest BCUT2D eigenvalue weighted by molar-refractivity contribution is 0.00424. The molecule has 2 heterocycles. The van der Waals surface area contributed by atoms with Gasteiger partial charge in [0.25, 0.3) is 0 Å². The van der Waals surface area contributed by atoms with Crippen LogP contribution in [0.5, 0.6) is 0 Å². The van der Waals surface area contributed by atoms with Gasteiger partial charge in [0, 0.05) is 23.7 Å². The molecule has 1 atom stereocenters. The quantitative estimate of drug-likeness (QED) is 0.162. The Labute approximate surface area is 245 Å². The van der Waals surface area contributed by atoms with Gasteiger partial charge in [0.2, 0.25) is 0 Å². The highest BCUT2D eigenvalue weighted by Gasteiger charge is 2.28. The summed E-state index contributed by atoms with van der Waals surface area (Å²) in [6.45, 7) is 4.68. The first kappa shape index (κ1) is 28.8. The molecular formula is C30H36ClN7O3. The van der Waals surface area contributed by atoms with Crippen molar-refractivity contribution in [3.05, 3.63) is 71.0 Å². The molecule has 3 aromatic rings. The maximum atomic E-state index is 11.4. The van der Waals surface area contributed by atoms with Crippen molar-refractivity contribution in [3.8, 4) is 11.3 Å². The first-order chi connectivity index (χ1) is 19.9. The van der Waals surface area contributed by atoms with Crippen LogP contribution in [0.3, 0.4) is 0 Å². The van der Waals surface area contributed by atoms with Gasteiger partial charge >= 0.3 is 6.09 Å². The van der Waals surface area contributed by atoms with Gasteiger partial charge in [0.1, 0.15) is 5.69 Å². The number of benzene rings is 2. The Hall–Kier alpha value is -3.73. The van der Waals surface area contributed by atoms with Crippen molar-refractivity contribution in [1.29, 1.82) is 5.41 Å². The molecule has 2 aromatic carbocycles. The molecule has 1 aromatic heterocycles.